The number of nitro groups is 1. The third-order valence-electron chi connectivity index (χ3n) is 3.69. The van der Waals surface area contributed by atoms with E-state index in [1.807, 2.05) is 4.90 Å². The van der Waals surface area contributed by atoms with Crippen molar-refractivity contribution >= 4 is 17.4 Å². The molecule has 1 saturated heterocycles. The van der Waals surface area contributed by atoms with E-state index in [1.165, 1.54) is 12.3 Å². The topological polar surface area (TPSA) is 122 Å². The number of aromatic nitrogens is 1. The van der Waals surface area contributed by atoms with Crippen LogP contribution in [0.5, 0.6) is 0 Å². The Kier molecular flexibility index (Phi) is 3.58. The fourth-order valence-corrected chi connectivity index (χ4v) is 2.33. The quantitative estimate of drug-likeness (QED) is 0.456. The van der Waals surface area contributed by atoms with E-state index in [1.54, 1.807) is 6.92 Å². The van der Waals surface area contributed by atoms with Crippen LogP contribution in [0.25, 0.3) is 0 Å². The largest absolute Gasteiger partial charge is 0.369 e. The number of hydrogen-bond acceptors (Lipinski definition) is 5. The number of primary amides is 1. The number of H-pyrrole nitrogens is 1. The molecule has 0 aromatic carbocycles. The lowest BCUT2D eigenvalue weighted by molar-refractivity contribution is -0.384. The molecule has 0 radical (unpaired) electrons. The Labute approximate surface area is 115 Å². The molecule has 2 heterocycles. The van der Waals surface area contributed by atoms with Crippen molar-refractivity contribution in [2.75, 3.05) is 19.6 Å². The molecule has 3 N–H and O–H groups in total. The molecule has 1 aromatic heterocycles. The second kappa shape index (κ2) is 5.04. The van der Waals surface area contributed by atoms with Crippen LogP contribution in [-0.4, -0.2) is 46.1 Å². The number of carbonyl (C=O) groups is 2. The highest BCUT2D eigenvalue weighted by molar-refractivity contribution is 5.96. The highest BCUT2D eigenvalue weighted by Crippen LogP contribution is 2.29. The van der Waals surface area contributed by atoms with E-state index >= 15 is 0 Å². The smallest absolute Gasteiger partial charge is 0.287 e. The summed E-state index contributed by atoms with van der Waals surface area (Å²) >= 11 is 0. The molecule has 0 saturated carbocycles. The Hall–Kier alpha value is -2.22. The van der Waals surface area contributed by atoms with Crippen molar-refractivity contribution in [1.82, 2.24) is 9.88 Å². The van der Waals surface area contributed by atoms with Crippen LogP contribution in [0, 0.1) is 15.5 Å². The number of ketones is 1. The highest BCUT2D eigenvalue weighted by atomic mass is 16.6. The van der Waals surface area contributed by atoms with Gasteiger partial charge in [0.15, 0.2) is 5.78 Å². The molecule has 1 aromatic rings. The summed E-state index contributed by atoms with van der Waals surface area (Å²) in [6.07, 6.45) is 1.80. The predicted molar refractivity (Wildman–Crippen MR) is 70.1 cm³/mol. The molecule has 2 rings (SSSR count). The summed E-state index contributed by atoms with van der Waals surface area (Å²) in [5.74, 6) is -0.616. The van der Waals surface area contributed by atoms with Gasteiger partial charge < -0.3 is 10.7 Å². The van der Waals surface area contributed by atoms with Crippen molar-refractivity contribution in [3.8, 4) is 0 Å². The van der Waals surface area contributed by atoms with Crippen molar-refractivity contribution in [2.45, 2.75) is 13.3 Å². The predicted octanol–water partition coefficient (Wildman–Crippen LogP) is 0.303. The van der Waals surface area contributed by atoms with Crippen LogP contribution in [0.4, 0.5) is 5.69 Å². The summed E-state index contributed by atoms with van der Waals surface area (Å²) in [6.45, 7) is 2.92. The standard InChI is InChI=1S/C12H16N4O4/c1-12(11(13)18)2-3-15(7-12)6-10(17)9-4-8(5-14-9)16(19)20/h4-5,14H,2-3,6-7H2,1H3,(H2,13,18). The van der Waals surface area contributed by atoms with Crippen molar-refractivity contribution in [3.05, 3.63) is 28.1 Å². The first kappa shape index (κ1) is 14.2. The van der Waals surface area contributed by atoms with Gasteiger partial charge in [-0.3, -0.25) is 24.6 Å². The number of likely N-dealkylation sites (tertiary alicyclic amines) is 1. The summed E-state index contributed by atoms with van der Waals surface area (Å²) in [7, 11) is 0. The summed E-state index contributed by atoms with van der Waals surface area (Å²) in [4.78, 5) is 37.8. The average molecular weight is 280 g/mol. The van der Waals surface area contributed by atoms with Crippen molar-refractivity contribution < 1.29 is 14.5 Å². The molecule has 1 unspecified atom stereocenters. The number of aromatic amines is 1. The van der Waals surface area contributed by atoms with Gasteiger partial charge in [0.2, 0.25) is 5.91 Å². The molecule has 0 bridgehead atoms. The number of nitrogens with two attached hydrogens (primary N) is 1. The number of nitrogens with zero attached hydrogens (tertiary/aromatic N) is 2. The summed E-state index contributed by atoms with van der Waals surface area (Å²) in [5, 5.41) is 10.6. The van der Waals surface area contributed by atoms with Gasteiger partial charge in [0.1, 0.15) is 0 Å². The van der Waals surface area contributed by atoms with Crippen LogP contribution < -0.4 is 5.73 Å². The van der Waals surface area contributed by atoms with Gasteiger partial charge in [-0.25, -0.2) is 0 Å². The first-order valence-corrected chi connectivity index (χ1v) is 6.20. The number of Topliss-reactive ketones (excluding diaryl/α,β-unsaturated/α-hetero) is 1. The molecule has 1 amide bonds. The molecule has 108 valence electrons. The van der Waals surface area contributed by atoms with Gasteiger partial charge >= 0.3 is 0 Å². The van der Waals surface area contributed by atoms with Crippen LogP contribution >= 0.6 is 0 Å². The lowest BCUT2D eigenvalue weighted by Gasteiger charge is -2.20. The van der Waals surface area contributed by atoms with Crippen LogP contribution in [0.15, 0.2) is 12.3 Å². The Morgan fingerprint density at radius 2 is 2.30 bits per heavy atom. The molecule has 8 heteroatoms. The van der Waals surface area contributed by atoms with Gasteiger partial charge in [0.05, 0.1) is 28.8 Å². The van der Waals surface area contributed by atoms with E-state index in [4.69, 9.17) is 5.73 Å². The molecule has 1 atom stereocenters. The maximum Gasteiger partial charge on any atom is 0.287 e. The molecule has 1 aliphatic rings. The third-order valence-corrected chi connectivity index (χ3v) is 3.69. The fourth-order valence-electron chi connectivity index (χ4n) is 2.33. The number of carbonyl (C=O) groups excluding carboxylic acids is 2. The molecular weight excluding hydrogens is 264 g/mol. The first-order chi connectivity index (χ1) is 9.32. The Bertz CT molecular complexity index is 568. The van der Waals surface area contributed by atoms with Gasteiger partial charge in [-0.2, -0.15) is 0 Å². The lowest BCUT2D eigenvalue weighted by atomic mass is 9.89. The minimum absolute atomic E-state index is 0.112. The van der Waals surface area contributed by atoms with Gasteiger partial charge in [0.25, 0.3) is 5.69 Å². The molecule has 1 fully saturated rings. The Morgan fingerprint density at radius 3 is 2.80 bits per heavy atom. The molecule has 0 aliphatic carbocycles. The van der Waals surface area contributed by atoms with Crippen LogP contribution in [0.3, 0.4) is 0 Å². The number of nitrogens with one attached hydrogen (secondary N) is 1. The average Bonchev–Trinajstić information content (AvgIpc) is 2.97. The minimum Gasteiger partial charge on any atom is -0.369 e. The van der Waals surface area contributed by atoms with Crippen LogP contribution in [0.1, 0.15) is 23.8 Å². The SMILES string of the molecule is CC1(C(N)=O)CCN(CC(=O)c2cc([N+](=O)[O-])c[nH]2)C1. The lowest BCUT2D eigenvalue weighted by Crippen LogP contribution is -2.38. The van der Waals surface area contributed by atoms with E-state index in [9.17, 15) is 19.7 Å². The number of hydrogen-bond donors (Lipinski definition) is 2. The van der Waals surface area contributed by atoms with E-state index in [2.05, 4.69) is 4.98 Å². The highest BCUT2D eigenvalue weighted by Gasteiger charge is 2.39. The van der Waals surface area contributed by atoms with Gasteiger partial charge in [-0.1, -0.05) is 0 Å². The van der Waals surface area contributed by atoms with E-state index in [0.29, 0.717) is 19.5 Å². The molecule has 20 heavy (non-hydrogen) atoms. The number of amides is 1. The first-order valence-electron chi connectivity index (χ1n) is 6.20. The zero-order chi connectivity index (χ0) is 14.9. The molecule has 1 aliphatic heterocycles. The van der Waals surface area contributed by atoms with Crippen molar-refractivity contribution in [3.63, 3.8) is 0 Å². The fraction of sp³-hybridized carbons (Fsp3) is 0.500. The van der Waals surface area contributed by atoms with Crippen LogP contribution in [0.2, 0.25) is 0 Å². The second-order valence-corrected chi connectivity index (χ2v) is 5.34. The Balaban J connectivity index is 1.99. The van der Waals surface area contributed by atoms with E-state index in [-0.39, 0.29) is 29.6 Å². The van der Waals surface area contributed by atoms with E-state index < -0.39 is 10.3 Å². The van der Waals surface area contributed by atoms with Crippen LogP contribution in [-0.2, 0) is 4.79 Å². The molecule has 0 spiro atoms. The van der Waals surface area contributed by atoms with E-state index in [0.717, 1.165) is 0 Å². The molecule has 8 nitrogen and oxygen atoms in total. The third kappa shape index (κ3) is 2.69. The maximum atomic E-state index is 12.0. The summed E-state index contributed by atoms with van der Waals surface area (Å²) in [5.41, 5.74) is 4.79. The zero-order valence-corrected chi connectivity index (χ0v) is 11.1. The molecular formula is C12H16N4O4. The normalized spacial score (nSPS) is 22.9. The van der Waals surface area contributed by atoms with Crippen molar-refractivity contribution in [2.24, 2.45) is 11.1 Å². The number of rotatable bonds is 5. The van der Waals surface area contributed by atoms with Crippen molar-refractivity contribution in [1.29, 1.82) is 0 Å². The monoisotopic (exact) mass is 280 g/mol. The van der Waals surface area contributed by atoms with Gasteiger partial charge in [-0.15, -0.1) is 0 Å². The summed E-state index contributed by atoms with van der Waals surface area (Å²) in [6, 6.07) is 1.21. The zero-order valence-electron chi connectivity index (χ0n) is 11.1. The summed E-state index contributed by atoms with van der Waals surface area (Å²) < 4.78 is 0. The van der Waals surface area contributed by atoms with Gasteiger partial charge in [0, 0.05) is 12.6 Å². The van der Waals surface area contributed by atoms with Gasteiger partial charge in [-0.05, 0) is 19.9 Å². The second-order valence-electron chi connectivity index (χ2n) is 5.34. The maximum absolute atomic E-state index is 12.0. The Morgan fingerprint density at radius 1 is 1.60 bits per heavy atom. The minimum atomic E-state index is -0.609.